The molecule has 0 unspecified atom stereocenters. The van der Waals surface area contributed by atoms with Crippen LogP contribution >= 0.6 is 11.3 Å². The lowest BCUT2D eigenvalue weighted by Crippen LogP contribution is -2.46. The second-order valence-electron chi connectivity index (χ2n) is 6.32. The molecule has 4 N–H and O–H groups in total. The highest BCUT2D eigenvalue weighted by Crippen LogP contribution is 2.27. The largest absolute Gasteiger partial charge is 0.461 e. The third-order valence-electron chi connectivity index (χ3n) is 4.32. The fourth-order valence-corrected chi connectivity index (χ4v) is 3.72. The first-order chi connectivity index (χ1) is 12.9. The number of carbonyl (C=O) groups excluding carboxylic acids is 2. The number of benzene rings is 1. The normalized spacial score (nSPS) is 12.3. The molecule has 0 bridgehead atoms. The molecule has 27 heavy (non-hydrogen) atoms. The minimum Gasteiger partial charge on any atom is -0.461 e. The number of thiazole rings is 1. The predicted octanol–water partition coefficient (Wildman–Crippen LogP) is 1.87. The number of aliphatic hydroxyl groups is 1. The number of nitrogens with zero attached hydrogens (tertiary/aromatic N) is 1. The number of carbonyl (C=O) groups is 2. The Bertz CT molecular complexity index is 992. The van der Waals surface area contributed by atoms with Crippen molar-refractivity contribution in [2.24, 2.45) is 5.73 Å². The molecule has 3 rings (SSSR count). The summed E-state index contributed by atoms with van der Waals surface area (Å²) in [6.45, 7) is 3.10. The van der Waals surface area contributed by atoms with E-state index in [9.17, 15) is 14.7 Å². The van der Waals surface area contributed by atoms with Gasteiger partial charge in [-0.05, 0) is 44.4 Å². The van der Waals surface area contributed by atoms with Crippen molar-refractivity contribution in [2.45, 2.75) is 32.7 Å². The predicted molar refractivity (Wildman–Crippen MR) is 103 cm³/mol. The zero-order chi connectivity index (χ0) is 19.6. The van der Waals surface area contributed by atoms with Crippen LogP contribution in [-0.4, -0.2) is 34.6 Å². The molecule has 0 radical (unpaired) electrons. The van der Waals surface area contributed by atoms with E-state index in [2.05, 4.69) is 10.3 Å². The lowest BCUT2D eigenvalue weighted by atomic mass is 10.0. The number of primary amides is 1. The van der Waals surface area contributed by atoms with Gasteiger partial charge in [0.25, 0.3) is 5.91 Å². The van der Waals surface area contributed by atoms with Gasteiger partial charge in [-0.15, -0.1) is 11.3 Å². The molecule has 0 spiro atoms. The molecule has 1 aromatic carbocycles. The maximum absolute atomic E-state index is 12.6. The van der Waals surface area contributed by atoms with Crippen LogP contribution in [0.3, 0.4) is 0 Å². The molecule has 7 nitrogen and oxygen atoms in total. The highest BCUT2D eigenvalue weighted by atomic mass is 32.1. The Morgan fingerprint density at radius 2 is 2.11 bits per heavy atom. The number of nitrogens with one attached hydrogen (secondary N) is 1. The molecule has 0 fully saturated rings. The molecule has 3 aromatic rings. The summed E-state index contributed by atoms with van der Waals surface area (Å²) in [5.74, 6) is -0.852. The number of aryl methyl sites for hydroxylation is 4. The Morgan fingerprint density at radius 3 is 2.74 bits per heavy atom. The molecule has 0 saturated heterocycles. The third kappa shape index (κ3) is 4.17. The van der Waals surface area contributed by atoms with E-state index in [-0.39, 0.29) is 0 Å². The summed E-state index contributed by atoms with van der Waals surface area (Å²) in [6, 6.07) is 4.59. The van der Waals surface area contributed by atoms with Crippen molar-refractivity contribution in [3.05, 3.63) is 51.2 Å². The van der Waals surface area contributed by atoms with E-state index in [1.165, 1.54) is 4.88 Å². The van der Waals surface area contributed by atoms with Crippen LogP contribution in [0.5, 0.6) is 0 Å². The van der Waals surface area contributed by atoms with Gasteiger partial charge in [0.15, 0.2) is 0 Å². The van der Waals surface area contributed by atoms with Crippen LogP contribution in [-0.2, 0) is 17.6 Å². The van der Waals surface area contributed by atoms with Gasteiger partial charge >= 0.3 is 0 Å². The lowest BCUT2D eigenvalue weighted by molar-refractivity contribution is -0.120. The Hall–Kier alpha value is -2.71. The maximum Gasteiger partial charge on any atom is 0.256 e. The molecule has 2 aromatic heterocycles. The van der Waals surface area contributed by atoms with Crippen LogP contribution in [0.1, 0.15) is 31.6 Å². The SMILES string of the molecule is Cc1ncc(CCc2ccc3oc(C)c(C(=O)N[C@@H](CO)C(N)=O)c3c2)s1. The highest BCUT2D eigenvalue weighted by Gasteiger charge is 2.23. The molecule has 0 aliphatic rings. The quantitative estimate of drug-likeness (QED) is 0.572. The Labute approximate surface area is 160 Å². The van der Waals surface area contributed by atoms with E-state index in [0.717, 1.165) is 23.4 Å². The highest BCUT2D eigenvalue weighted by molar-refractivity contribution is 7.11. The van der Waals surface area contributed by atoms with E-state index in [4.69, 9.17) is 10.2 Å². The smallest absolute Gasteiger partial charge is 0.256 e. The topological polar surface area (TPSA) is 118 Å². The summed E-state index contributed by atoms with van der Waals surface area (Å²) < 4.78 is 5.67. The molecule has 2 heterocycles. The number of fused-ring (bicyclic) bond motifs is 1. The Balaban J connectivity index is 1.85. The summed E-state index contributed by atoms with van der Waals surface area (Å²) in [5, 5.41) is 13.4. The van der Waals surface area contributed by atoms with Crippen LogP contribution in [0.25, 0.3) is 11.0 Å². The van der Waals surface area contributed by atoms with Crippen molar-refractivity contribution in [2.75, 3.05) is 6.61 Å². The van der Waals surface area contributed by atoms with E-state index >= 15 is 0 Å². The molecule has 8 heteroatoms. The van der Waals surface area contributed by atoms with Crippen molar-refractivity contribution in [3.63, 3.8) is 0 Å². The fourth-order valence-electron chi connectivity index (χ4n) is 2.93. The monoisotopic (exact) mass is 387 g/mol. The van der Waals surface area contributed by atoms with Crippen molar-refractivity contribution in [3.8, 4) is 0 Å². The zero-order valence-electron chi connectivity index (χ0n) is 15.1. The molecule has 1 atom stereocenters. The maximum atomic E-state index is 12.6. The van der Waals surface area contributed by atoms with E-state index in [0.29, 0.717) is 22.3 Å². The minimum absolute atomic E-state index is 0.347. The number of aromatic nitrogens is 1. The van der Waals surface area contributed by atoms with Crippen molar-refractivity contribution < 1.29 is 19.1 Å². The number of amides is 2. The lowest BCUT2D eigenvalue weighted by Gasteiger charge is -2.12. The van der Waals surface area contributed by atoms with Crippen LogP contribution in [0.15, 0.2) is 28.8 Å². The molecule has 142 valence electrons. The molecule has 0 saturated carbocycles. The zero-order valence-corrected chi connectivity index (χ0v) is 15.9. The van der Waals surface area contributed by atoms with Gasteiger partial charge in [-0.3, -0.25) is 9.59 Å². The molecule has 0 aliphatic carbocycles. The van der Waals surface area contributed by atoms with E-state index < -0.39 is 24.5 Å². The first-order valence-electron chi connectivity index (χ1n) is 8.53. The van der Waals surface area contributed by atoms with Gasteiger partial charge in [0.2, 0.25) is 5.91 Å². The van der Waals surface area contributed by atoms with Gasteiger partial charge in [0.05, 0.1) is 17.2 Å². The first kappa shape index (κ1) is 19.1. The third-order valence-corrected chi connectivity index (χ3v) is 5.29. The Kier molecular flexibility index (Phi) is 5.57. The number of hydrogen-bond acceptors (Lipinski definition) is 6. The second kappa shape index (κ2) is 7.89. The number of nitrogens with two attached hydrogens (primary N) is 1. The van der Waals surface area contributed by atoms with Gasteiger partial charge in [-0.1, -0.05) is 6.07 Å². The first-order valence-corrected chi connectivity index (χ1v) is 9.35. The summed E-state index contributed by atoms with van der Waals surface area (Å²) in [7, 11) is 0. The van der Waals surface area contributed by atoms with Crippen LogP contribution < -0.4 is 11.1 Å². The molecule has 0 aliphatic heterocycles. The van der Waals surface area contributed by atoms with E-state index in [1.54, 1.807) is 18.3 Å². The summed E-state index contributed by atoms with van der Waals surface area (Å²) in [4.78, 5) is 29.4. The van der Waals surface area contributed by atoms with Crippen molar-refractivity contribution in [1.82, 2.24) is 10.3 Å². The number of hydrogen-bond donors (Lipinski definition) is 3. The summed E-state index contributed by atoms with van der Waals surface area (Å²) >= 11 is 1.67. The standard InChI is InChI=1S/C19H21N3O4S/c1-10-17(19(25)22-15(9-23)18(20)24)14-7-12(4-6-16(14)26-10)3-5-13-8-21-11(2)27-13/h4,6-8,15,23H,3,5,9H2,1-2H3,(H2,20,24)(H,22,25)/t15-/m0/s1. The van der Waals surface area contributed by atoms with Crippen molar-refractivity contribution in [1.29, 1.82) is 0 Å². The average molecular weight is 387 g/mol. The van der Waals surface area contributed by atoms with Crippen LogP contribution in [0, 0.1) is 13.8 Å². The van der Waals surface area contributed by atoms with Gasteiger partial charge < -0.3 is 20.6 Å². The average Bonchev–Trinajstić information content (AvgIpc) is 3.19. The van der Waals surface area contributed by atoms with Crippen LogP contribution in [0.2, 0.25) is 0 Å². The number of aliphatic hydroxyl groups excluding tert-OH is 1. The van der Waals surface area contributed by atoms with Gasteiger partial charge in [0, 0.05) is 16.5 Å². The molecular weight excluding hydrogens is 366 g/mol. The minimum atomic E-state index is -1.14. The molecular formula is C19H21N3O4S. The summed E-state index contributed by atoms with van der Waals surface area (Å²) in [5.41, 5.74) is 7.19. The number of furan rings is 1. The van der Waals surface area contributed by atoms with Crippen LogP contribution in [0.4, 0.5) is 0 Å². The van der Waals surface area contributed by atoms with Crippen molar-refractivity contribution >= 4 is 34.1 Å². The second-order valence-corrected chi connectivity index (χ2v) is 7.64. The van der Waals surface area contributed by atoms with Gasteiger partial charge in [-0.25, -0.2) is 4.98 Å². The molecule has 2 amide bonds. The fraction of sp³-hybridized carbons (Fsp3) is 0.316. The number of rotatable bonds is 7. The van der Waals surface area contributed by atoms with Gasteiger partial charge in [0.1, 0.15) is 17.4 Å². The van der Waals surface area contributed by atoms with E-state index in [1.807, 2.05) is 31.3 Å². The summed E-state index contributed by atoms with van der Waals surface area (Å²) in [6.07, 6.45) is 3.56. The Morgan fingerprint density at radius 1 is 1.33 bits per heavy atom. The van der Waals surface area contributed by atoms with Gasteiger partial charge in [-0.2, -0.15) is 0 Å².